The van der Waals surface area contributed by atoms with Crippen LogP contribution in [0.5, 0.6) is 17.2 Å². The van der Waals surface area contributed by atoms with Crippen molar-refractivity contribution in [2.45, 2.75) is 90.3 Å². The number of unbranched alkanes of at least 4 members (excludes halogenated alkanes) is 1. The summed E-state index contributed by atoms with van der Waals surface area (Å²) in [5, 5.41) is 19.3. The van der Waals surface area contributed by atoms with E-state index in [9.17, 15) is 15.0 Å². The van der Waals surface area contributed by atoms with Crippen molar-refractivity contribution in [2.24, 2.45) is 0 Å². The summed E-state index contributed by atoms with van der Waals surface area (Å²) >= 11 is 0. The van der Waals surface area contributed by atoms with Crippen molar-refractivity contribution in [3.05, 3.63) is 76.1 Å². The lowest BCUT2D eigenvalue weighted by atomic mass is 9.88. The molecule has 0 spiro atoms. The topological polar surface area (TPSA) is 85.2 Å². The molecule has 0 saturated heterocycles. The van der Waals surface area contributed by atoms with Crippen LogP contribution < -0.4 is 14.2 Å². The third-order valence-electron chi connectivity index (χ3n) is 8.29. The summed E-state index contributed by atoms with van der Waals surface area (Å²) in [7, 11) is 0. The van der Waals surface area contributed by atoms with Gasteiger partial charge in [-0.05, 0) is 98.5 Å². The molecular weight excluding hydrogens is 535 g/mol. The molecule has 0 radical (unpaired) electrons. The average molecular weight is 577 g/mol. The van der Waals surface area contributed by atoms with Gasteiger partial charge in [0.25, 0.3) is 0 Å². The fourth-order valence-electron chi connectivity index (χ4n) is 6.18. The minimum Gasteiger partial charge on any atom is -0.493 e. The summed E-state index contributed by atoms with van der Waals surface area (Å²) in [5.74, 6) is 0.700. The van der Waals surface area contributed by atoms with Crippen LogP contribution in [-0.2, 0) is 17.6 Å². The number of fused-ring (bicyclic) bond motifs is 2. The van der Waals surface area contributed by atoms with Crippen molar-refractivity contribution in [3.8, 4) is 28.4 Å². The number of ether oxygens (including phenoxy) is 3. The monoisotopic (exact) mass is 576 g/mol. The van der Waals surface area contributed by atoms with Crippen molar-refractivity contribution in [2.75, 3.05) is 13.2 Å². The van der Waals surface area contributed by atoms with Crippen LogP contribution in [0, 0.1) is 12.7 Å². The van der Waals surface area contributed by atoms with E-state index < -0.39 is 17.7 Å². The zero-order chi connectivity index (χ0) is 30.0. The Labute approximate surface area is 247 Å². The van der Waals surface area contributed by atoms with E-state index in [-0.39, 0.29) is 18.2 Å². The molecule has 0 bridgehead atoms. The van der Waals surface area contributed by atoms with E-state index in [1.807, 2.05) is 24.3 Å². The average Bonchev–Trinajstić information content (AvgIpc) is 3.52. The Morgan fingerprint density at radius 3 is 2.69 bits per heavy atom. The molecule has 1 heterocycles. The van der Waals surface area contributed by atoms with E-state index in [1.54, 1.807) is 26.0 Å². The van der Waals surface area contributed by atoms with Crippen LogP contribution in [0.25, 0.3) is 11.1 Å². The first kappa shape index (κ1) is 29.9. The highest BCUT2D eigenvalue weighted by Gasteiger charge is 2.32. The van der Waals surface area contributed by atoms with Crippen LogP contribution in [0.15, 0.2) is 42.5 Å². The standard InChI is InChI=1S/C35H41FO6/c1-5-6-7-22-17-25(40-15-14-35(3,4)39)16-21(2)33(22)27-10-12-29(36)34-28(27)11-13-30(34)42-24-8-9-26-23(18-32(37)38)20-41-31(26)19-24/h8-10,12,16-17,19,23,30,39H,5-7,11,13-15,18,20H2,1-4H3,(H,37,38). The van der Waals surface area contributed by atoms with Gasteiger partial charge in [-0.3, -0.25) is 4.79 Å². The lowest BCUT2D eigenvalue weighted by molar-refractivity contribution is -0.137. The smallest absolute Gasteiger partial charge is 0.304 e. The van der Waals surface area contributed by atoms with Crippen molar-refractivity contribution < 1.29 is 33.6 Å². The summed E-state index contributed by atoms with van der Waals surface area (Å²) in [4.78, 5) is 11.2. The molecule has 0 aromatic heterocycles. The number of hydrogen-bond acceptors (Lipinski definition) is 5. The Morgan fingerprint density at radius 2 is 1.95 bits per heavy atom. The number of aliphatic carboxylic acids is 1. The molecule has 2 atom stereocenters. The van der Waals surface area contributed by atoms with Crippen molar-refractivity contribution >= 4 is 5.97 Å². The Balaban J connectivity index is 1.43. The number of carboxylic acids is 1. The van der Waals surface area contributed by atoms with Gasteiger partial charge in [0.05, 0.1) is 25.2 Å². The Kier molecular flexibility index (Phi) is 8.78. The van der Waals surface area contributed by atoms with Gasteiger partial charge in [-0.15, -0.1) is 0 Å². The molecule has 1 aliphatic heterocycles. The maximum absolute atomic E-state index is 15.4. The highest BCUT2D eigenvalue weighted by atomic mass is 19.1. The van der Waals surface area contributed by atoms with Crippen molar-refractivity contribution in [1.29, 1.82) is 0 Å². The molecule has 3 aromatic rings. The second kappa shape index (κ2) is 12.3. The minimum atomic E-state index is -0.855. The van der Waals surface area contributed by atoms with E-state index in [0.29, 0.717) is 49.5 Å². The lowest BCUT2D eigenvalue weighted by Crippen LogP contribution is -2.21. The number of rotatable bonds is 12. The lowest BCUT2D eigenvalue weighted by Gasteiger charge is -2.21. The Bertz CT molecular complexity index is 1460. The van der Waals surface area contributed by atoms with Crippen molar-refractivity contribution in [1.82, 2.24) is 0 Å². The summed E-state index contributed by atoms with van der Waals surface area (Å²) in [6.45, 7) is 8.56. The van der Waals surface area contributed by atoms with Crippen LogP contribution in [0.2, 0.25) is 0 Å². The molecule has 0 fully saturated rings. The minimum absolute atomic E-state index is 0.0186. The molecule has 2 unspecified atom stereocenters. The molecule has 2 aliphatic rings. The summed E-state index contributed by atoms with van der Waals surface area (Å²) in [6.07, 6.45) is 4.45. The van der Waals surface area contributed by atoms with Gasteiger partial charge in [-0.1, -0.05) is 25.5 Å². The predicted octanol–water partition coefficient (Wildman–Crippen LogP) is 7.70. The highest BCUT2D eigenvalue weighted by molar-refractivity contribution is 5.77. The molecule has 2 N–H and O–H groups in total. The predicted molar refractivity (Wildman–Crippen MR) is 160 cm³/mol. The Morgan fingerprint density at radius 1 is 1.14 bits per heavy atom. The first-order valence-electron chi connectivity index (χ1n) is 15.0. The van der Waals surface area contributed by atoms with Crippen LogP contribution in [0.3, 0.4) is 0 Å². The van der Waals surface area contributed by atoms with E-state index in [4.69, 9.17) is 14.2 Å². The maximum atomic E-state index is 15.4. The van der Waals surface area contributed by atoms with E-state index >= 15 is 4.39 Å². The summed E-state index contributed by atoms with van der Waals surface area (Å²) in [6, 6.07) is 13.1. The van der Waals surface area contributed by atoms with Gasteiger partial charge in [-0.2, -0.15) is 0 Å². The van der Waals surface area contributed by atoms with E-state index in [1.165, 1.54) is 5.56 Å². The first-order chi connectivity index (χ1) is 20.0. The SMILES string of the molecule is CCCCc1cc(OCCC(C)(C)O)cc(C)c1-c1ccc(F)c2c1CCC2Oc1ccc2c(c1)OCC2CC(=O)O. The number of halogens is 1. The second-order valence-electron chi connectivity index (χ2n) is 12.2. The van der Waals surface area contributed by atoms with Crippen molar-refractivity contribution in [3.63, 3.8) is 0 Å². The van der Waals surface area contributed by atoms with Crippen LogP contribution in [-0.4, -0.2) is 35.0 Å². The third kappa shape index (κ3) is 6.57. The third-order valence-corrected chi connectivity index (χ3v) is 8.29. The second-order valence-corrected chi connectivity index (χ2v) is 12.2. The number of benzene rings is 3. The Hall–Kier alpha value is -3.58. The fraction of sp³-hybridized carbons (Fsp3) is 0.457. The van der Waals surface area contributed by atoms with Gasteiger partial charge in [0.2, 0.25) is 0 Å². The normalized spacial score (nSPS) is 17.5. The van der Waals surface area contributed by atoms with Gasteiger partial charge in [0.15, 0.2) is 0 Å². The molecule has 6 nitrogen and oxygen atoms in total. The molecule has 0 amide bonds. The van der Waals surface area contributed by atoms with E-state index in [2.05, 4.69) is 19.9 Å². The number of hydrogen-bond donors (Lipinski definition) is 2. The molecule has 3 aromatic carbocycles. The summed E-state index contributed by atoms with van der Waals surface area (Å²) < 4.78 is 33.6. The zero-order valence-electron chi connectivity index (χ0n) is 25.0. The quantitative estimate of drug-likeness (QED) is 0.230. The summed E-state index contributed by atoms with van der Waals surface area (Å²) in [5.41, 5.74) is 6.09. The molecule has 7 heteroatoms. The van der Waals surface area contributed by atoms with Crippen LogP contribution in [0.1, 0.15) is 92.7 Å². The fourth-order valence-corrected chi connectivity index (χ4v) is 6.18. The van der Waals surface area contributed by atoms with Gasteiger partial charge in [-0.25, -0.2) is 4.39 Å². The molecule has 1 aliphatic carbocycles. The number of aryl methyl sites for hydroxylation is 2. The van der Waals surface area contributed by atoms with E-state index in [0.717, 1.165) is 52.8 Å². The highest BCUT2D eigenvalue weighted by Crippen LogP contribution is 2.45. The van der Waals surface area contributed by atoms with Gasteiger partial charge in [0.1, 0.15) is 29.2 Å². The van der Waals surface area contributed by atoms with Gasteiger partial charge < -0.3 is 24.4 Å². The number of aliphatic hydroxyl groups is 1. The molecule has 42 heavy (non-hydrogen) atoms. The molecule has 224 valence electrons. The van der Waals surface area contributed by atoms with Gasteiger partial charge in [0, 0.05) is 29.5 Å². The first-order valence-corrected chi connectivity index (χ1v) is 15.0. The molecule has 0 saturated carbocycles. The van der Waals surface area contributed by atoms with Gasteiger partial charge >= 0.3 is 5.97 Å². The van der Waals surface area contributed by atoms with Crippen LogP contribution in [0.4, 0.5) is 4.39 Å². The molecule has 5 rings (SSSR count). The number of carboxylic acid groups (broad SMARTS) is 1. The maximum Gasteiger partial charge on any atom is 0.304 e. The largest absolute Gasteiger partial charge is 0.493 e. The molecular formula is C35H41FO6. The number of carbonyl (C=O) groups is 1. The van der Waals surface area contributed by atoms with Crippen LogP contribution >= 0.6 is 0 Å². The zero-order valence-corrected chi connectivity index (χ0v) is 25.0.